The Hall–Kier alpha value is -2.20. The fraction of sp³-hybridized carbons (Fsp3) is 0. The Labute approximate surface area is 108 Å². The highest BCUT2D eigenvalue weighted by Gasteiger charge is 2.12. The number of rotatable bonds is 2. The number of carbonyl (C=O) groups is 1. The van der Waals surface area contributed by atoms with Gasteiger partial charge in [-0.05, 0) is 42.5 Å². The Bertz CT molecular complexity index is 581. The third-order valence-corrected chi connectivity index (χ3v) is 2.58. The molecule has 1 amide bonds. The van der Waals surface area contributed by atoms with Gasteiger partial charge in [-0.1, -0.05) is 11.6 Å². The summed E-state index contributed by atoms with van der Waals surface area (Å²) in [5.41, 5.74) is 0.553. The van der Waals surface area contributed by atoms with E-state index >= 15 is 0 Å². The van der Waals surface area contributed by atoms with Crippen molar-refractivity contribution in [2.24, 2.45) is 0 Å². The van der Waals surface area contributed by atoms with Crippen LogP contribution in [0.1, 0.15) is 10.4 Å². The summed E-state index contributed by atoms with van der Waals surface area (Å²) in [5.74, 6) is -0.793. The summed E-state index contributed by atoms with van der Waals surface area (Å²) in [6, 6.07) is 10.3. The van der Waals surface area contributed by atoms with Gasteiger partial charge in [0.05, 0.1) is 5.56 Å². The molecule has 2 rings (SSSR count). The van der Waals surface area contributed by atoms with Gasteiger partial charge in [-0.25, -0.2) is 0 Å². The zero-order chi connectivity index (χ0) is 13.1. The smallest absolute Gasteiger partial charge is 0.259 e. The highest BCUT2D eigenvalue weighted by atomic mass is 35.5. The van der Waals surface area contributed by atoms with Crippen molar-refractivity contribution in [3.05, 3.63) is 53.1 Å². The number of aromatic hydroxyl groups is 2. The summed E-state index contributed by atoms with van der Waals surface area (Å²) in [5, 5.41) is 22.0. The van der Waals surface area contributed by atoms with Crippen LogP contribution in [-0.4, -0.2) is 16.1 Å². The molecular formula is C13H10ClNO3. The van der Waals surface area contributed by atoms with Gasteiger partial charge in [0, 0.05) is 10.7 Å². The molecule has 92 valence electrons. The maximum absolute atomic E-state index is 11.9. The molecular weight excluding hydrogens is 254 g/mol. The summed E-state index contributed by atoms with van der Waals surface area (Å²) in [4.78, 5) is 11.9. The molecule has 0 fully saturated rings. The highest BCUT2D eigenvalue weighted by molar-refractivity contribution is 6.30. The molecule has 0 saturated heterocycles. The average Bonchev–Trinajstić information content (AvgIpc) is 2.35. The predicted octanol–water partition coefficient (Wildman–Crippen LogP) is 3.00. The molecule has 0 radical (unpaired) electrons. The minimum absolute atomic E-state index is 0.00458. The topological polar surface area (TPSA) is 69.6 Å². The summed E-state index contributed by atoms with van der Waals surface area (Å²) >= 11 is 5.73. The van der Waals surface area contributed by atoms with Gasteiger partial charge in [-0.15, -0.1) is 0 Å². The van der Waals surface area contributed by atoms with E-state index in [1.54, 1.807) is 24.3 Å². The lowest BCUT2D eigenvalue weighted by molar-refractivity contribution is 0.102. The summed E-state index contributed by atoms with van der Waals surface area (Å²) < 4.78 is 0. The van der Waals surface area contributed by atoms with Crippen molar-refractivity contribution in [1.82, 2.24) is 0 Å². The lowest BCUT2D eigenvalue weighted by Gasteiger charge is -2.07. The molecule has 0 aliphatic carbocycles. The van der Waals surface area contributed by atoms with E-state index in [-0.39, 0.29) is 17.1 Å². The Kier molecular flexibility index (Phi) is 3.39. The molecule has 0 unspecified atom stereocenters. The molecule has 0 aliphatic heterocycles. The van der Waals surface area contributed by atoms with E-state index in [0.717, 1.165) is 0 Å². The van der Waals surface area contributed by atoms with Crippen molar-refractivity contribution in [2.45, 2.75) is 0 Å². The maximum Gasteiger partial charge on any atom is 0.259 e. The minimum Gasteiger partial charge on any atom is -0.508 e. The van der Waals surface area contributed by atoms with Crippen LogP contribution in [0.2, 0.25) is 5.02 Å². The van der Waals surface area contributed by atoms with Crippen LogP contribution >= 0.6 is 11.6 Å². The summed E-state index contributed by atoms with van der Waals surface area (Å²) in [6.07, 6.45) is 0. The van der Waals surface area contributed by atoms with Gasteiger partial charge < -0.3 is 15.5 Å². The molecule has 0 aliphatic rings. The Balaban J connectivity index is 2.21. The number of halogens is 1. The number of phenols is 2. The minimum atomic E-state index is -0.509. The predicted molar refractivity (Wildman–Crippen MR) is 69.2 cm³/mol. The van der Waals surface area contributed by atoms with Gasteiger partial charge in [0.25, 0.3) is 5.91 Å². The quantitative estimate of drug-likeness (QED) is 0.730. The SMILES string of the molecule is O=C(Nc1ccc(Cl)cc1)c1cc(O)ccc1O. The Morgan fingerprint density at radius 2 is 1.72 bits per heavy atom. The van der Waals surface area contributed by atoms with Crippen molar-refractivity contribution in [1.29, 1.82) is 0 Å². The van der Waals surface area contributed by atoms with Crippen LogP contribution in [0.25, 0.3) is 0 Å². The Morgan fingerprint density at radius 1 is 1.06 bits per heavy atom. The van der Waals surface area contributed by atoms with E-state index in [1.165, 1.54) is 18.2 Å². The van der Waals surface area contributed by atoms with Crippen LogP contribution in [0, 0.1) is 0 Å². The number of phenolic OH excluding ortho intramolecular Hbond substituents is 2. The molecule has 18 heavy (non-hydrogen) atoms. The Morgan fingerprint density at radius 3 is 2.39 bits per heavy atom. The molecule has 2 aromatic carbocycles. The molecule has 0 aromatic heterocycles. The van der Waals surface area contributed by atoms with Crippen molar-refractivity contribution >= 4 is 23.2 Å². The summed E-state index contributed by atoms with van der Waals surface area (Å²) in [6.45, 7) is 0. The molecule has 0 heterocycles. The third kappa shape index (κ3) is 2.73. The van der Waals surface area contributed by atoms with Crippen LogP contribution in [0.5, 0.6) is 11.5 Å². The zero-order valence-electron chi connectivity index (χ0n) is 9.22. The lowest BCUT2D eigenvalue weighted by Crippen LogP contribution is -2.11. The number of hydrogen-bond acceptors (Lipinski definition) is 3. The molecule has 0 atom stereocenters. The van der Waals surface area contributed by atoms with Gasteiger partial charge in [0.15, 0.2) is 0 Å². The van der Waals surface area contributed by atoms with Crippen LogP contribution in [-0.2, 0) is 0 Å². The maximum atomic E-state index is 11.9. The third-order valence-electron chi connectivity index (χ3n) is 2.33. The van der Waals surface area contributed by atoms with Crippen molar-refractivity contribution in [2.75, 3.05) is 5.32 Å². The standard InChI is InChI=1S/C13H10ClNO3/c14-8-1-3-9(4-2-8)15-13(18)11-7-10(16)5-6-12(11)17/h1-7,16-17H,(H,15,18). The molecule has 3 N–H and O–H groups in total. The fourth-order valence-electron chi connectivity index (χ4n) is 1.44. The molecule has 2 aromatic rings. The van der Waals surface area contributed by atoms with E-state index in [9.17, 15) is 15.0 Å². The second kappa shape index (κ2) is 4.98. The lowest BCUT2D eigenvalue weighted by atomic mass is 10.1. The van der Waals surface area contributed by atoms with Gasteiger partial charge in [0.1, 0.15) is 11.5 Å². The first-order chi connectivity index (χ1) is 8.56. The highest BCUT2D eigenvalue weighted by Crippen LogP contribution is 2.23. The molecule has 4 nitrogen and oxygen atoms in total. The van der Waals surface area contributed by atoms with Crippen molar-refractivity contribution < 1.29 is 15.0 Å². The van der Waals surface area contributed by atoms with Crippen LogP contribution in [0.15, 0.2) is 42.5 Å². The first kappa shape index (κ1) is 12.3. The number of benzene rings is 2. The van der Waals surface area contributed by atoms with Crippen LogP contribution in [0.3, 0.4) is 0 Å². The average molecular weight is 264 g/mol. The van der Waals surface area contributed by atoms with Gasteiger partial charge in [0.2, 0.25) is 0 Å². The summed E-state index contributed by atoms with van der Waals surface area (Å²) in [7, 11) is 0. The molecule has 0 spiro atoms. The van der Waals surface area contributed by atoms with E-state index in [4.69, 9.17) is 11.6 Å². The molecule has 5 heteroatoms. The van der Waals surface area contributed by atoms with Crippen molar-refractivity contribution in [3.63, 3.8) is 0 Å². The van der Waals surface area contributed by atoms with Gasteiger partial charge >= 0.3 is 0 Å². The zero-order valence-corrected chi connectivity index (χ0v) is 9.98. The first-order valence-corrected chi connectivity index (χ1v) is 5.53. The second-order valence-electron chi connectivity index (χ2n) is 3.66. The number of amides is 1. The monoisotopic (exact) mass is 263 g/mol. The van der Waals surface area contributed by atoms with E-state index < -0.39 is 5.91 Å². The normalized spacial score (nSPS) is 10.1. The van der Waals surface area contributed by atoms with Crippen molar-refractivity contribution in [3.8, 4) is 11.5 Å². The van der Waals surface area contributed by atoms with E-state index in [0.29, 0.717) is 10.7 Å². The number of hydrogen-bond donors (Lipinski definition) is 3. The van der Waals surface area contributed by atoms with E-state index in [1.807, 2.05) is 0 Å². The van der Waals surface area contributed by atoms with Gasteiger partial charge in [-0.3, -0.25) is 4.79 Å². The fourth-order valence-corrected chi connectivity index (χ4v) is 1.56. The van der Waals surface area contributed by atoms with Crippen LogP contribution < -0.4 is 5.32 Å². The van der Waals surface area contributed by atoms with Crippen LogP contribution in [0.4, 0.5) is 5.69 Å². The number of anilines is 1. The van der Waals surface area contributed by atoms with Gasteiger partial charge in [-0.2, -0.15) is 0 Å². The first-order valence-electron chi connectivity index (χ1n) is 5.15. The number of nitrogens with one attached hydrogen (secondary N) is 1. The van der Waals surface area contributed by atoms with E-state index in [2.05, 4.69) is 5.32 Å². The molecule has 0 saturated carbocycles. The number of carbonyl (C=O) groups excluding carboxylic acids is 1. The second-order valence-corrected chi connectivity index (χ2v) is 4.10. The molecule has 0 bridgehead atoms. The largest absolute Gasteiger partial charge is 0.508 e.